The largest absolute Gasteiger partial charge is 0.496 e. The number of amides is 1. The van der Waals surface area contributed by atoms with Crippen molar-refractivity contribution in [1.82, 2.24) is 9.97 Å². The van der Waals surface area contributed by atoms with Gasteiger partial charge in [0.15, 0.2) is 0 Å². The molecule has 2 aromatic rings. The first kappa shape index (κ1) is 13.5. The molecule has 1 heterocycles. The number of carbonyl (C=O) groups excluding carboxylic acids is 1. The van der Waals surface area contributed by atoms with Gasteiger partial charge in [0.2, 0.25) is 0 Å². The third-order valence-electron chi connectivity index (χ3n) is 2.51. The number of ether oxygens (including phenoxy) is 1. The van der Waals surface area contributed by atoms with Crippen LogP contribution in [0.4, 0.5) is 5.69 Å². The third-order valence-corrected chi connectivity index (χ3v) is 2.51. The van der Waals surface area contributed by atoms with Gasteiger partial charge in [0.25, 0.3) is 5.91 Å². The Morgan fingerprint density at radius 2 is 1.95 bits per heavy atom. The van der Waals surface area contributed by atoms with E-state index >= 15 is 0 Å². The van der Waals surface area contributed by atoms with Crippen molar-refractivity contribution in [2.75, 3.05) is 12.4 Å². The number of aromatic carboxylic acids is 1. The Labute approximate surface area is 114 Å². The zero-order chi connectivity index (χ0) is 14.5. The van der Waals surface area contributed by atoms with Crippen LogP contribution in [0.15, 0.2) is 36.9 Å². The molecule has 1 aromatic carbocycles. The highest BCUT2D eigenvalue weighted by Gasteiger charge is 2.13. The maximum Gasteiger partial charge on any atom is 0.339 e. The van der Waals surface area contributed by atoms with Crippen LogP contribution >= 0.6 is 0 Å². The van der Waals surface area contributed by atoms with Crippen molar-refractivity contribution in [1.29, 1.82) is 0 Å². The van der Waals surface area contributed by atoms with E-state index in [0.717, 1.165) is 0 Å². The second-order valence-electron chi connectivity index (χ2n) is 3.80. The molecule has 0 aliphatic rings. The first-order valence-corrected chi connectivity index (χ1v) is 5.59. The number of anilines is 1. The molecule has 0 aliphatic heterocycles. The Morgan fingerprint density at radius 1 is 1.25 bits per heavy atom. The van der Waals surface area contributed by atoms with Gasteiger partial charge in [-0.2, -0.15) is 0 Å². The predicted molar refractivity (Wildman–Crippen MR) is 69.9 cm³/mol. The van der Waals surface area contributed by atoms with Crippen molar-refractivity contribution in [2.24, 2.45) is 0 Å². The highest BCUT2D eigenvalue weighted by Crippen LogP contribution is 2.23. The van der Waals surface area contributed by atoms with E-state index in [1.165, 1.54) is 44.0 Å². The summed E-state index contributed by atoms with van der Waals surface area (Å²) in [5.41, 5.74) is 0.739. The van der Waals surface area contributed by atoms with Crippen LogP contribution in [-0.2, 0) is 0 Å². The molecule has 20 heavy (non-hydrogen) atoms. The predicted octanol–water partition coefficient (Wildman–Crippen LogP) is 1.44. The van der Waals surface area contributed by atoms with E-state index in [2.05, 4.69) is 15.3 Å². The van der Waals surface area contributed by atoms with Crippen LogP contribution in [0.2, 0.25) is 0 Å². The van der Waals surface area contributed by atoms with Gasteiger partial charge in [-0.25, -0.2) is 14.8 Å². The summed E-state index contributed by atoms with van der Waals surface area (Å²) in [5, 5.41) is 11.6. The number of carboxylic acids is 1. The number of methoxy groups -OCH3 is 1. The Morgan fingerprint density at radius 3 is 2.55 bits per heavy atom. The van der Waals surface area contributed by atoms with E-state index < -0.39 is 11.9 Å². The number of hydrogen-bond donors (Lipinski definition) is 2. The monoisotopic (exact) mass is 273 g/mol. The van der Waals surface area contributed by atoms with Crippen LogP contribution in [0, 0.1) is 0 Å². The molecule has 1 amide bonds. The number of benzene rings is 1. The molecule has 0 bridgehead atoms. The lowest BCUT2D eigenvalue weighted by Gasteiger charge is -2.09. The second-order valence-corrected chi connectivity index (χ2v) is 3.80. The molecule has 2 N–H and O–H groups in total. The Hall–Kier alpha value is -2.96. The van der Waals surface area contributed by atoms with Gasteiger partial charge in [0.05, 0.1) is 12.7 Å². The molecule has 0 aliphatic carbocycles. The third kappa shape index (κ3) is 2.89. The minimum Gasteiger partial charge on any atom is -0.496 e. The fourth-order valence-electron chi connectivity index (χ4n) is 1.57. The van der Waals surface area contributed by atoms with Crippen molar-refractivity contribution in [3.63, 3.8) is 0 Å². The Balaban J connectivity index is 2.22. The maximum atomic E-state index is 11.9. The summed E-state index contributed by atoms with van der Waals surface area (Å²) in [4.78, 5) is 30.3. The highest BCUT2D eigenvalue weighted by atomic mass is 16.5. The Kier molecular flexibility index (Phi) is 3.90. The Bertz CT molecular complexity index is 643. The van der Waals surface area contributed by atoms with E-state index in [4.69, 9.17) is 9.84 Å². The van der Waals surface area contributed by atoms with Crippen molar-refractivity contribution >= 4 is 17.6 Å². The molecule has 7 nitrogen and oxygen atoms in total. The van der Waals surface area contributed by atoms with Crippen LogP contribution < -0.4 is 10.1 Å². The van der Waals surface area contributed by atoms with Crippen LogP contribution in [0.1, 0.15) is 20.7 Å². The minimum absolute atomic E-state index is 0.0218. The van der Waals surface area contributed by atoms with E-state index in [9.17, 15) is 9.59 Å². The van der Waals surface area contributed by atoms with Crippen molar-refractivity contribution in [3.8, 4) is 5.75 Å². The molecular formula is C13H11N3O4. The van der Waals surface area contributed by atoms with Crippen LogP contribution in [0.5, 0.6) is 5.75 Å². The number of nitrogens with zero attached hydrogens (tertiary/aromatic N) is 2. The summed E-state index contributed by atoms with van der Waals surface area (Å²) < 4.78 is 4.98. The lowest BCUT2D eigenvalue weighted by molar-refractivity contribution is 0.0693. The van der Waals surface area contributed by atoms with Gasteiger partial charge in [-0.3, -0.25) is 4.79 Å². The summed E-state index contributed by atoms with van der Waals surface area (Å²) in [6, 6.07) is 4.27. The van der Waals surface area contributed by atoms with Gasteiger partial charge in [0.1, 0.15) is 17.6 Å². The van der Waals surface area contributed by atoms with E-state index in [1.807, 2.05) is 0 Å². The average molecular weight is 273 g/mol. The molecule has 7 heteroatoms. The zero-order valence-electron chi connectivity index (χ0n) is 10.5. The fraction of sp³-hybridized carbons (Fsp3) is 0.0769. The molecule has 0 saturated heterocycles. The molecule has 0 fully saturated rings. The molecule has 0 atom stereocenters. The molecular weight excluding hydrogens is 262 g/mol. The first-order chi connectivity index (χ1) is 9.61. The molecule has 0 unspecified atom stereocenters. The number of carbonyl (C=O) groups is 2. The molecule has 0 spiro atoms. The van der Waals surface area contributed by atoms with Gasteiger partial charge in [-0.1, -0.05) is 0 Å². The van der Waals surface area contributed by atoms with Gasteiger partial charge in [-0.05, 0) is 12.1 Å². The smallest absolute Gasteiger partial charge is 0.339 e. The fourth-order valence-corrected chi connectivity index (χ4v) is 1.57. The molecule has 0 radical (unpaired) electrons. The molecule has 1 aromatic heterocycles. The summed E-state index contributed by atoms with van der Waals surface area (Å²) >= 11 is 0. The molecule has 0 saturated carbocycles. The quantitative estimate of drug-likeness (QED) is 0.873. The lowest BCUT2D eigenvalue weighted by Crippen LogP contribution is -2.13. The van der Waals surface area contributed by atoms with E-state index in [1.54, 1.807) is 0 Å². The van der Waals surface area contributed by atoms with E-state index in [-0.39, 0.29) is 11.3 Å². The summed E-state index contributed by atoms with van der Waals surface area (Å²) in [5.74, 6) is -1.33. The van der Waals surface area contributed by atoms with Crippen LogP contribution in [0.25, 0.3) is 0 Å². The number of carboxylic acid groups (broad SMARTS) is 1. The highest BCUT2D eigenvalue weighted by molar-refractivity contribution is 6.04. The number of nitrogens with one attached hydrogen (secondary N) is 1. The second kappa shape index (κ2) is 5.79. The number of rotatable bonds is 4. The average Bonchev–Trinajstić information content (AvgIpc) is 2.47. The normalized spacial score (nSPS) is 9.85. The first-order valence-electron chi connectivity index (χ1n) is 5.59. The van der Waals surface area contributed by atoms with Crippen molar-refractivity contribution in [3.05, 3.63) is 48.0 Å². The van der Waals surface area contributed by atoms with Crippen LogP contribution in [-0.4, -0.2) is 34.1 Å². The van der Waals surface area contributed by atoms with Gasteiger partial charge >= 0.3 is 5.97 Å². The van der Waals surface area contributed by atoms with Crippen molar-refractivity contribution in [2.45, 2.75) is 0 Å². The molecule has 102 valence electrons. The topological polar surface area (TPSA) is 101 Å². The summed E-state index contributed by atoms with van der Waals surface area (Å²) in [6.45, 7) is 0. The zero-order valence-corrected chi connectivity index (χ0v) is 10.5. The van der Waals surface area contributed by atoms with Crippen LogP contribution in [0.3, 0.4) is 0 Å². The lowest BCUT2D eigenvalue weighted by atomic mass is 10.1. The van der Waals surface area contributed by atoms with E-state index in [0.29, 0.717) is 11.3 Å². The summed E-state index contributed by atoms with van der Waals surface area (Å²) in [7, 11) is 1.36. The SMILES string of the molecule is COc1cc(NC(=O)c2cncnc2)ccc1C(=O)O. The maximum absolute atomic E-state index is 11.9. The minimum atomic E-state index is -1.10. The van der Waals surface area contributed by atoms with Gasteiger partial charge in [0, 0.05) is 24.1 Å². The van der Waals surface area contributed by atoms with Gasteiger partial charge in [-0.15, -0.1) is 0 Å². The van der Waals surface area contributed by atoms with Gasteiger partial charge < -0.3 is 15.2 Å². The van der Waals surface area contributed by atoms with Crippen molar-refractivity contribution < 1.29 is 19.4 Å². The molecule has 2 rings (SSSR count). The standard InChI is InChI=1S/C13H11N3O4/c1-20-11-4-9(2-3-10(11)13(18)19)16-12(17)8-5-14-7-15-6-8/h2-7H,1H3,(H,16,17)(H,18,19). The number of aromatic nitrogens is 2. The number of hydrogen-bond acceptors (Lipinski definition) is 5. The summed E-state index contributed by atoms with van der Waals surface area (Å²) in [6.07, 6.45) is 4.08.